The number of hydrogen-bond donors (Lipinski definition) is 2. The Bertz CT molecular complexity index is 491. The highest BCUT2D eigenvalue weighted by molar-refractivity contribution is 5.92. The second-order valence-corrected chi connectivity index (χ2v) is 6.46. The Morgan fingerprint density at radius 3 is 2.57 bits per heavy atom. The SMILES string of the molecule is CCc1ccc(NC(=O)CN2CC(C)CC(C)C2)cc1N. The summed E-state index contributed by atoms with van der Waals surface area (Å²) in [6.07, 6.45) is 2.16. The van der Waals surface area contributed by atoms with Crippen LogP contribution in [0.4, 0.5) is 11.4 Å². The Kier molecular flexibility index (Phi) is 5.23. The summed E-state index contributed by atoms with van der Waals surface area (Å²) in [5.74, 6) is 1.38. The summed E-state index contributed by atoms with van der Waals surface area (Å²) in [6, 6.07) is 5.75. The molecule has 1 fully saturated rings. The first-order valence-corrected chi connectivity index (χ1v) is 7.88. The number of nitrogen functional groups attached to an aromatic ring is 1. The van der Waals surface area contributed by atoms with Crippen LogP contribution in [0.2, 0.25) is 0 Å². The zero-order valence-corrected chi connectivity index (χ0v) is 13.4. The van der Waals surface area contributed by atoms with Crippen molar-refractivity contribution in [3.05, 3.63) is 23.8 Å². The van der Waals surface area contributed by atoms with Crippen LogP contribution in [-0.2, 0) is 11.2 Å². The molecule has 2 unspecified atom stereocenters. The van der Waals surface area contributed by atoms with Crippen molar-refractivity contribution < 1.29 is 4.79 Å². The minimum Gasteiger partial charge on any atom is -0.398 e. The molecule has 0 aromatic heterocycles. The number of amides is 1. The third-order valence-corrected chi connectivity index (χ3v) is 4.12. The molecular formula is C17H27N3O. The van der Waals surface area contributed by atoms with Gasteiger partial charge < -0.3 is 11.1 Å². The van der Waals surface area contributed by atoms with E-state index >= 15 is 0 Å². The van der Waals surface area contributed by atoms with Crippen molar-refractivity contribution in [3.63, 3.8) is 0 Å². The second-order valence-electron chi connectivity index (χ2n) is 6.46. The molecule has 1 heterocycles. The van der Waals surface area contributed by atoms with Crippen LogP contribution < -0.4 is 11.1 Å². The Morgan fingerprint density at radius 2 is 2.00 bits per heavy atom. The molecule has 0 spiro atoms. The first kappa shape index (κ1) is 15.8. The van der Waals surface area contributed by atoms with Gasteiger partial charge in [-0.1, -0.05) is 26.8 Å². The van der Waals surface area contributed by atoms with E-state index in [1.54, 1.807) is 0 Å². The summed E-state index contributed by atoms with van der Waals surface area (Å²) in [7, 11) is 0. The van der Waals surface area contributed by atoms with Gasteiger partial charge in [-0.2, -0.15) is 0 Å². The summed E-state index contributed by atoms with van der Waals surface area (Å²) in [6.45, 7) is 9.06. The molecule has 4 heteroatoms. The summed E-state index contributed by atoms with van der Waals surface area (Å²) < 4.78 is 0. The maximum Gasteiger partial charge on any atom is 0.238 e. The minimum atomic E-state index is 0.0416. The molecule has 2 rings (SSSR count). The van der Waals surface area contributed by atoms with Gasteiger partial charge in [-0.05, 0) is 42.4 Å². The van der Waals surface area contributed by atoms with E-state index < -0.39 is 0 Å². The molecule has 0 radical (unpaired) electrons. The van der Waals surface area contributed by atoms with E-state index in [1.165, 1.54) is 6.42 Å². The first-order valence-electron chi connectivity index (χ1n) is 7.88. The highest BCUT2D eigenvalue weighted by atomic mass is 16.2. The quantitative estimate of drug-likeness (QED) is 0.838. The molecule has 1 aliphatic rings. The molecule has 116 valence electrons. The Hall–Kier alpha value is -1.55. The molecule has 2 atom stereocenters. The molecule has 0 saturated carbocycles. The molecule has 0 aliphatic carbocycles. The van der Waals surface area contributed by atoms with Gasteiger partial charge in [0, 0.05) is 24.5 Å². The molecule has 1 aromatic carbocycles. The van der Waals surface area contributed by atoms with Crippen LogP contribution in [0.15, 0.2) is 18.2 Å². The topological polar surface area (TPSA) is 58.4 Å². The third-order valence-electron chi connectivity index (χ3n) is 4.12. The standard InChI is InChI=1S/C17H27N3O/c1-4-14-5-6-15(8-16(14)18)19-17(21)11-20-9-12(2)7-13(3)10-20/h5-6,8,12-13H,4,7,9-11,18H2,1-3H3,(H,19,21). The van der Waals surface area contributed by atoms with Crippen molar-refractivity contribution in [2.45, 2.75) is 33.6 Å². The lowest BCUT2D eigenvalue weighted by Crippen LogP contribution is -2.42. The van der Waals surface area contributed by atoms with Crippen molar-refractivity contribution in [1.29, 1.82) is 0 Å². The summed E-state index contributed by atoms with van der Waals surface area (Å²) in [4.78, 5) is 14.4. The van der Waals surface area contributed by atoms with Gasteiger partial charge in [0.1, 0.15) is 0 Å². The van der Waals surface area contributed by atoms with Crippen LogP contribution in [0.5, 0.6) is 0 Å². The Balaban J connectivity index is 1.91. The third kappa shape index (κ3) is 4.46. The van der Waals surface area contributed by atoms with Crippen molar-refractivity contribution in [1.82, 2.24) is 4.90 Å². The number of piperidine rings is 1. The molecule has 3 N–H and O–H groups in total. The fourth-order valence-corrected chi connectivity index (χ4v) is 3.32. The predicted octanol–water partition coefficient (Wildman–Crippen LogP) is 2.75. The highest BCUT2D eigenvalue weighted by Crippen LogP contribution is 2.21. The van der Waals surface area contributed by atoms with Gasteiger partial charge in [-0.3, -0.25) is 9.69 Å². The minimum absolute atomic E-state index is 0.0416. The van der Waals surface area contributed by atoms with Gasteiger partial charge in [0.15, 0.2) is 0 Å². The summed E-state index contributed by atoms with van der Waals surface area (Å²) in [5.41, 5.74) is 8.61. The molecule has 1 aromatic rings. The van der Waals surface area contributed by atoms with Crippen molar-refractivity contribution >= 4 is 17.3 Å². The number of hydrogen-bond acceptors (Lipinski definition) is 3. The molecule has 1 amide bonds. The second kappa shape index (κ2) is 6.94. The lowest BCUT2D eigenvalue weighted by atomic mass is 9.92. The van der Waals surface area contributed by atoms with Crippen LogP contribution in [0.3, 0.4) is 0 Å². The molecule has 4 nitrogen and oxygen atoms in total. The fraction of sp³-hybridized carbons (Fsp3) is 0.588. The smallest absolute Gasteiger partial charge is 0.238 e. The first-order chi connectivity index (χ1) is 9.97. The van der Waals surface area contributed by atoms with E-state index in [4.69, 9.17) is 5.73 Å². The average Bonchev–Trinajstić information content (AvgIpc) is 2.37. The van der Waals surface area contributed by atoms with Gasteiger partial charge >= 0.3 is 0 Å². The molecule has 21 heavy (non-hydrogen) atoms. The summed E-state index contributed by atoms with van der Waals surface area (Å²) in [5, 5.41) is 2.95. The highest BCUT2D eigenvalue weighted by Gasteiger charge is 2.23. The van der Waals surface area contributed by atoms with Crippen LogP contribution in [-0.4, -0.2) is 30.4 Å². The number of nitrogens with two attached hydrogens (primary N) is 1. The maximum atomic E-state index is 12.2. The number of aryl methyl sites for hydroxylation is 1. The van der Waals surface area contributed by atoms with E-state index in [1.807, 2.05) is 18.2 Å². The van der Waals surface area contributed by atoms with Gasteiger partial charge in [0.05, 0.1) is 6.54 Å². The van der Waals surface area contributed by atoms with Crippen LogP contribution in [0, 0.1) is 11.8 Å². The number of anilines is 2. The number of likely N-dealkylation sites (tertiary alicyclic amines) is 1. The number of carbonyl (C=O) groups excluding carboxylic acids is 1. The molecule has 1 saturated heterocycles. The zero-order valence-electron chi connectivity index (χ0n) is 13.4. The zero-order chi connectivity index (χ0) is 15.4. The number of benzene rings is 1. The van der Waals surface area contributed by atoms with Gasteiger partial charge in [-0.25, -0.2) is 0 Å². The monoisotopic (exact) mass is 289 g/mol. The van der Waals surface area contributed by atoms with Crippen LogP contribution in [0.1, 0.15) is 32.8 Å². The Labute approximate surface area is 127 Å². The van der Waals surface area contributed by atoms with Gasteiger partial charge in [0.2, 0.25) is 5.91 Å². The lowest BCUT2D eigenvalue weighted by Gasteiger charge is -2.34. The van der Waals surface area contributed by atoms with Crippen LogP contribution in [0.25, 0.3) is 0 Å². The maximum absolute atomic E-state index is 12.2. The molecule has 1 aliphatic heterocycles. The van der Waals surface area contributed by atoms with Crippen molar-refractivity contribution in [2.24, 2.45) is 11.8 Å². The molecular weight excluding hydrogens is 262 g/mol. The normalized spacial score (nSPS) is 23.0. The Morgan fingerprint density at radius 1 is 1.33 bits per heavy atom. The number of nitrogens with one attached hydrogen (secondary N) is 1. The van der Waals surface area contributed by atoms with E-state index in [2.05, 4.69) is 31.0 Å². The number of rotatable bonds is 4. The lowest BCUT2D eigenvalue weighted by molar-refractivity contribution is -0.117. The number of nitrogens with zero attached hydrogens (tertiary/aromatic N) is 1. The van der Waals surface area contributed by atoms with Crippen molar-refractivity contribution in [3.8, 4) is 0 Å². The van der Waals surface area contributed by atoms with E-state index in [9.17, 15) is 4.79 Å². The fourth-order valence-electron chi connectivity index (χ4n) is 3.32. The average molecular weight is 289 g/mol. The largest absolute Gasteiger partial charge is 0.398 e. The van der Waals surface area contributed by atoms with Crippen molar-refractivity contribution in [2.75, 3.05) is 30.7 Å². The van der Waals surface area contributed by atoms with Crippen LogP contribution >= 0.6 is 0 Å². The van der Waals surface area contributed by atoms with E-state index in [0.29, 0.717) is 18.4 Å². The summed E-state index contributed by atoms with van der Waals surface area (Å²) >= 11 is 0. The number of carbonyl (C=O) groups is 1. The van der Waals surface area contributed by atoms with Gasteiger partial charge in [-0.15, -0.1) is 0 Å². The predicted molar refractivity (Wildman–Crippen MR) is 88.2 cm³/mol. The van der Waals surface area contributed by atoms with E-state index in [-0.39, 0.29) is 5.91 Å². The van der Waals surface area contributed by atoms with Gasteiger partial charge in [0.25, 0.3) is 0 Å². The molecule has 0 bridgehead atoms. The van der Waals surface area contributed by atoms with E-state index in [0.717, 1.165) is 36.4 Å².